The molecule has 0 saturated carbocycles. The fourth-order valence-electron chi connectivity index (χ4n) is 1.97. The quantitative estimate of drug-likeness (QED) is 0.876. The van der Waals surface area contributed by atoms with Crippen molar-refractivity contribution in [3.05, 3.63) is 59.2 Å². The third kappa shape index (κ3) is 3.15. The normalized spacial score (nSPS) is 11.5. The first-order valence-electron chi connectivity index (χ1n) is 6.03. The number of nitrogen functional groups attached to an aromatic ring is 1. The van der Waals surface area contributed by atoms with E-state index in [1.807, 2.05) is 32.0 Å². The molecule has 0 aliphatic heterocycles. The van der Waals surface area contributed by atoms with Crippen LogP contribution in [0.25, 0.3) is 0 Å². The summed E-state index contributed by atoms with van der Waals surface area (Å²) in [5, 5.41) is 0. The molecular formula is C15H17NO2S. The topological polar surface area (TPSA) is 60.2 Å². The van der Waals surface area contributed by atoms with Crippen molar-refractivity contribution in [3.8, 4) is 0 Å². The van der Waals surface area contributed by atoms with E-state index in [4.69, 9.17) is 5.73 Å². The average molecular weight is 275 g/mol. The summed E-state index contributed by atoms with van der Waals surface area (Å²) >= 11 is 0. The third-order valence-electron chi connectivity index (χ3n) is 3.08. The predicted octanol–water partition coefficient (Wildman–Crippen LogP) is 2.86. The molecule has 100 valence electrons. The lowest BCUT2D eigenvalue weighted by Crippen LogP contribution is -2.06. The molecule has 19 heavy (non-hydrogen) atoms. The number of benzene rings is 2. The van der Waals surface area contributed by atoms with E-state index in [-0.39, 0.29) is 5.75 Å². The van der Waals surface area contributed by atoms with Crippen molar-refractivity contribution in [3.63, 3.8) is 0 Å². The lowest BCUT2D eigenvalue weighted by atomic mass is 10.1. The molecule has 2 aromatic rings. The second-order valence-electron chi connectivity index (χ2n) is 4.76. The van der Waals surface area contributed by atoms with Crippen molar-refractivity contribution in [1.82, 2.24) is 0 Å². The van der Waals surface area contributed by atoms with Crippen molar-refractivity contribution in [2.24, 2.45) is 0 Å². The van der Waals surface area contributed by atoms with Crippen LogP contribution in [0.15, 0.2) is 47.4 Å². The van der Waals surface area contributed by atoms with Crippen LogP contribution >= 0.6 is 0 Å². The van der Waals surface area contributed by atoms with E-state index in [0.717, 1.165) is 16.7 Å². The Bertz CT molecular complexity index is 689. The van der Waals surface area contributed by atoms with Crippen LogP contribution in [-0.4, -0.2) is 8.42 Å². The summed E-state index contributed by atoms with van der Waals surface area (Å²) in [6.45, 7) is 3.92. The van der Waals surface area contributed by atoms with Gasteiger partial charge >= 0.3 is 0 Å². The zero-order valence-electron chi connectivity index (χ0n) is 11.1. The molecule has 0 amide bonds. The molecule has 0 unspecified atom stereocenters. The van der Waals surface area contributed by atoms with Gasteiger partial charge in [-0.1, -0.05) is 23.8 Å². The molecule has 2 N–H and O–H groups in total. The van der Waals surface area contributed by atoms with Crippen molar-refractivity contribution in [1.29, 1.82) is 0 Å². The van der Waals surface area contributed by atoms with E-state index in [2.05, 4.69) is 0 Å². The van der Waals surface area contributed by atoms with Gasteiger partial charge in [0, 0.05) is 5.69 Å². The molecule has 0 atom stereocenters. The molecule has 2 aromatic carbocycles. The van der Waals surface area contributed by atoms with E-state index >= 15 is 0 Å². The number of hydrogen-bond donors (Lipinski definition) is 1. The lowest BCUT2D eigenvalue weighted by molar-refractivity contribution is 0.595. The Morgan fingerprint density at radius 1 is 1.00 bits per heavy atom. The Kier molecular flexibility index (Phi) is 3.62. The largest absolute Gasteiger partial charge is 0.399 e. The van der Waals surface area contributed by atoms with Crippen LogP contribution in [0, 0.1) is 13.8 Å². The molecule has 0 aliphatic carbocycles. The minimum absolute atomic E-state index is 0.0169. The lowest BCUT2D eigenvalue weighted by Gasteiger charge is -2.08. The summed E-state index contributed by atoms with van der Waals surface area (Å²) < 4.78 is 24.6. The van der Waals surface area contributed by atoms with E-state index in [0.29, 0.717) is 10.6 Å². The van der Waals surface area contributed by atoms with Crippen LogP contribution in [-0.2, 0) is 15.6 Å². The Labute approximate surface area is 114 Å². The van der Waals surface area contributed by atoms with Crippen LogP contribution in [0.2, 0.25) is 0 Å². The molecule has 4 heteroatoms. The van der Waals surface area contributed by atoms with E-state index in [1.165, 1.54) is 0 Å². The first-order chi connectivity index (χ1) is 8.88. The maximum atomic E-state index is 12.3. The summed E-state index contributed by atoms with van der Waals surface area (Å²) in [5.41, 5.74) is 9.09. The molecule has 0 aromatic heterocycles. The first-order valence-corrected chi connectivity index (χ1v) is 7.68. The van der Waals surface area contributed by atoms with E-state index in [9.17, 15) is 8.42 Å². The molecule has 0 fully saturated rings. The van der Waals surface area contributed by atoms with Gasteiger partial charge in [0.1, 0.15) is 0 Å². The van der Waals surface area contributed by atoms with Crippen LogP contribution in [0.1, 0.15) is 16.7 Å². The second kappa shape index (κ2) is 5.05. The number of sulfone groups is 1. The van der Waals surface area contributed by atoms with Crippen LogP contribution < -0.4 is 5.73 Å². The minimum atomic E-state index is -3.32. The predicted molar refractivity (Wildman–Crippen MR) is 77.7 cm³/mol. The zero-order valence-corrected chi connectivity index (χ0v) is 11.9. The molecule has 3 nitrogen and oxygen atoms in total. The molecule has 0 saturated heterocycles. The van der Waals surface area contributed by atoms with Crippen LogP contribution in [0.3, 0.4) is 0 Å². The molecule has 0 radical (unpaired) electrons. The maximum Gasteiger partial charge on any atom is 0.182 e. The van der Waals surface area contributed by atoms with Gasteiger partial charge in [-0.05, 0) is 49.2 Å². The fourth-order valence-corrected chi connectivity index (χ4v) is 3.42. The molecule has 0 heterocycles. The maximum absolute atomic E-state index is 12.3. The van der Waals surface area contributed by atoms with Gasteiger partial charge in [0.25, 0.3) is 0 Å². The van der Waals surface area contributed by atoms with E-state index in [1.54, 1.807) is 24.3 Å². The molecule has 0 aliphatic rings. The summed E-state index contributed by atoms with van der Waals surface area (Å²) in [5.74, 6) is 0.0169. The number of hydrogen-bond acceptors (Lipinski definition) is 3. The van der Waals surface area contributed by atoms with Gasteiger partial charge in [0.05, 0.1) is 10.6 Å². The van der Waals surface area contributed by atoms with Crippen LogP contribution in [0.5, 0.6) is 0 Å². The minimum Gasteiger partial charge on any atom is -0.399 e. The van der Waals surface area contributed by atoms with Crippen molar-refractivity contribution >= 4 is 15.5 Å². The highest BCUT2D eigenvalue weighted by molar-refractivity contribution is 7.90. The van der Waals surface area contributed by atoms with E-state index < -0.39 is 9.84 Å². The van der Waals surface area contributed by atoms with Crippen LogP contribution in [0.4, 0.5) is 5.69 Å². The van der Waals surface area contributed by atoms with Gasteiger partial charge in [0.2, 0.25) is 0 Å². The van der Waals surface area contributed by atoms with Gasteiger partial charge < -0.3 is 5.73 Å². The highest BCUT2D eigenvalue weighted by atomic mass is 32.2. The number of rotatable bonds is 3. The summed E-state index contributed by atoms with van der Waals surface area (Å²) in [6.07, 6.45) is 0. The zero-order chi connectivity index (χ0) is 14.0. The van der Waals surface area contributed by atoms with Crippen molar-refractivity contribution in [2.45, 2.75) is 24.5 Å². The monoisotopic (exact) mass is 275 g/mol. The summed E-state index contributed by atoms with van der Waals surface area (Å²) in [7, 11) is -3.32. The smallest absolute Gasteiger partial charge is 0.182 e. The Morgan fingerprint density at radius 3 is 2.21 bits per heavy atom. The second-order valence-corrected chi connectivity index (χ2v) is 6.75. The number of anilines is 1. The van der Waals surface area contributed by atoms with Gasteiger partial charge in [-0.3, -0.25) is 0 Å². The SMILES string of the molecule is Cc1ccc(CS(=O)(=O)c2ccc(N)cc2)c(C)c1. The third-order valence-corrected chi connectivity index (χ3v) is 4.76. The summed E-state index contributed by atoms with van der Waals surface area (Å²) in [4.78, 5) is 0.307. The first kappa shape index (κ1) is 13.6. The van der Waals surface area contributed by atoms with Gasteiger partial charge in [-0.2, -0.15) is 0 Å². The number of aryl methyl sites for hydroxylation is 2. The summed E-state index contributed by atoms with van der Waals surface area (Å²) in [6, 6.07) is 12.1. The highest BCUT2D eigenvalue weighted by Gasteiger charge is 2.16. The molecule has 0 spiro atoms. The van der Waals surface area contributed by atoms with Gasteiger partial charge in [0.15, 0.2) is 9.84 Å². The Morgan fingerprint density at radius 2 is 1.63 bits per heavy atom. The van der Waals surface area contributed by atoms with Gasteiger partial charge in [-0.25, -0.2) is 8.42 Å². The Hall–Kier alpha value is -1.81. The highest BCUT2D eigenvalue weighted by Crippen LogP contribution is 2.20. The number of nitrogens with two attached hydrogens (primary N) is 1. The fraction of sp³-hybridized carbons (Fsp3) is 0.200. The molecular weight excluding hydrogens is 258 g/mol. The van der Waals surface area contributed by atoms with Crippen molar-refractivity contribution in [2.75, 3.05) is 5.73 Å². The van der Waals surface area contributed by atoms with Crippen molar-refractivity contribution < 1.29 is 8.42 Å². The average Bonchev–Trinajstić information content (AvgIpc) is 2.33. The molecule has 2 rings (SSSR count). The Balaban J connectivity index is 2.33. The molecule has 0 bridgehead atoms. The van der Waals surface area contributed by atoms with Gasteiger partial charge in [-0.15, -0.1) is 0 Å². The standard InChI is InChI=1S/C15H17NO2S/c1-11-3-4-13(12(2)9-11)10-19(17,18)15-7-5-14(16)6-8-15/h3-9H,10,16H2,1-2H3.